The average Bonchev–Trinajstić information content (AvgIpc) is 2.92. The third-order valence-corrected chi connectivity index (χ3v) is 4.90. The Kier molecular flexibility index (Phi) is 3.57. The van der Waals surface area contributed by atoms with Crippen LogP contribution in [0.3, 0.4) is 0 Å². The molecule has 0 aromatic rings. The van der Waals surface area contributed by atoms with Crippen molar-refractivity contribution in [2.24, 2.45) is 5.92 Å². The molecule has 18 heavy (non-hydrogen) atoms. The van der Waals surface area contributed by atoms with Gasteiger partial charge in [0.25, 0.3) is 0 Å². The van der Waals surface area contributed by atoms with Crippen LogP contribution in [0.4, 0.5) is 0 Å². The second kappa shape index (κ2) is 5.17. The van der Waals surface area contributed by atoms with Crippen LogP contribution in [0.1, 0.15) is 39.0 Å². The Balaban J connectivity index is 1.54. The van der Waals surface area contributed by atoms with Crippen LogP contribution in [-0.2, 0) is 9.53 Å². The third-order valence-electron chi connectivity index (χ3n) is 4.90. The van der Waals surface area contributed by atoms with E-state index < -0.39 is 0 Å². The molecule has 0 aliphatic carbocycles. The van der Waals surface area contributed by atoms with E-state index in [0.717, 1.165) is 26.1 Å². The smallest absolute Gasteiger partial charge is 0.224 e. The van der Waals surface area contributed by atoms with Gasteiger partial charge >= 0.3 is 0 Å². The summed E-state index contributed by atoms with van der Waals surface area (Å²) in [4.78, 5) is 14.0. The number of rotatable bonds is 3. The minimum atomic E-state index is 0.355. The number of amides is 1. The Morgan fingerprint density at radius 2 is 2.28 bits per heavy atom. The molecule has 0 bridgehead atoms. The first-order chi connectivity index (χ1) is 8.75. The summed E-state index contributed by atoms with van der Waals surface area (Å²) in [6.45, 7) is 5.03. The Hall–Kier alpha value is -0.610. The number of ether oxygens (including phenoxy) is 1. The van der Waals surface area contributed by atoms with E-state index in [1.54, 1.807) is 0 Å². The molecule has 3 fully saturated rings. The highest BCUT2D eigenvalue weighted by molar-refractivity contribution is 5.80. The Morgan fingerprint density at radius 1 is 1.39 bits per heavy atom. The van der Waals surface area contributed by atoms with Crippen LogP contribution in [0.15, 0.2) is 0 Å². The molecule has 4 nitrogen and oxygen atoms in total. The fourth-order valence-electron chi connectivity index (χ4n) is 3.68. The van der Waals surface area contributed by atoms with E-state index >= 15 is 0 Å². The van der Waals surface area contributed by atoms with E-state index in [1.807, 2.05) is 0 Å². The molecule has 102 valence electrons. The van der Waals surface area contributed by atoms with Crippen molar-refractivity contribution in [1.29, 1.82) is 0 Å². The Labute approximate surface area is 109 Å². The number of fused-ring (bicyclic) bond motifs is 1. The molecule has 4 unspecified atom stereocenters. The van der Waals surface area contributed by atoms with Gasteiger partial charge in [0.15, 0.2) is 0 Å². The quantitative estimate of drug-likeness (QED) is 0.819. The zero-order valence-corrected chi connectivity index (χ0v) is 11.2. The average molecular weight is 252 g/mol. The molecule has 0 aromatic heterocycles. The number of hydrogen-bond acceptors (Lipinski definition) is 3. The van der Waals surface area contributed by atoms with Crippen LogP contribution < -0.4 is 5.32 Å². The maximum Gasteiger partial charge on any atom is 0.224 e. The predicted molar refractivity (Wildman–Crippen MR) is 69.3 cm³/mol. The molecule has 3 rings (SSSR count). The summed E-state index contributed by atoms with van der Waals surface area (Å²) in [5, 5.41) is 3.64. The molecule has 0 spiro atoms. The first-order valence-electron chi connectivity index (χ1n) is 7.40. The van der Waals surface area contributed by atoms with E-state index in [1.165, 1.54) is 19.3 Å². The van der Waals surface area contributed by atoms with Crippen molar-refractivity contribution >= 4 is 5.91 Å². The molecule has 4 heteroatoms. The molecule has 1 N–H and O–H groups in total. The molecule has 3 heterocycles. The van der Waals surface area contributed by atoms with Crippen molar-refractivity contribution in [2.75, 3.05) is 19.7 Å². The highest BCUT2D eigenvalue weighted by Crippen LogP contribution is 2.29. The number of piperidine rings is 1. The first kappa shape index (κ1) is 12.4. The summed E-state index contributed by atoms with van der Waals surface area (Å²) in [5.41, 5.74) is 0. The highest BCUT2D eigenvalue weighted by atomic mass is 16.5. The molecule has 3 aliphatic rings. The van der Waals surface area contributed by atoms with E-state index in [-0.39, 0.29) is 0 Å². The number of hydrogen-bond donors (Lipinski definition) is 1. The summed E-state index contributed by atoms with van der Waals surface area (Å²) < 4.78 is 5.59. The van der Waals surface area contributed by atoms with Gasteiger partial charge in [-0.15, -0.1) is 0 Å². The van der Waals surface area contributed by atoms with Gasteiger partial charge < -0.3 is 15.0 Å². The lowest BCUT2D eigenvalue weighted by atomic mass is 9.97. The highest BCUT2D eigenvalue weighted by Gasteiger charge is 2.40. The van der Waals surface area contributed by atoms with E-state index in [2.05, 4.69) is 17.1 Å². The van der Waals surface area contributed by atoms with Crippen LogP contribution in [0.2, 0.25) is 0 Å². The van der Waals surface area contributed by atoms with Crippen molar-refractivity contribution in [3.05, 3.63) is 0 Å². The molecule has 3 saturated heterocycles. The van der Waals surface area contributed by atoms with Crippen LogP contribution >= 0.6 is 0 Å². The molecule has 4 atom stereocenters. The minimum absolute atomic E-state index is 0.355. The number of carbonyl (C=O) groups is 1. The number of nitrogens with zero attached hydrogens (tertiary/aromatic N) is 1. The molecular weight excluding hydrogens is 228 g/mol. The van der Waals surface area contributed by atoms with E-state index in [4.69, 9.17) is 4.74 Å². The molecule has 0 saturated carbocycles. The van der Waals surface area contributed by atoms with Gasteiger partial charge in [-0.3, -0.25) is 4.79 Å². The van der Waals surface area contributed by atoms with Crippen LogP contribution in [0, 0.1) is 5.92 Å². The van der Waals surface area contributed by atoms with Crippen LogP contribution in [0.5, 0.6) is 0 Å². The van der Waals surface area contributed by atoms with E-state index in [0.29, 0.717) is 36.4 Å². The normalized spacial score (nSPS) is 40.3. The van der Waals surface area contributed by atoms with Gasteiger partial charge in [-0.2, -0.15) is 0 Å². The molecule has 0 radical (unpaired) electrons. The second-order valence-electron chi connectivity index (χ2n) is 5.99. The third kappa shape index (κ3) is 2.28. The lowest BCUT2D eigenvalue weighted by Crippen LogP contribution is -2.46. The van der Waals surface area contributed by atoms with Gasteiger partial charge in [0.2, 0.25) is 5.91 Å². The lowest BCUT2D eigenvalue weighted by molar-refractivity contribution is -0.129. The lowest BCUT2D eigenvalue weighted by Gasteiger charge is -2.33. The zero-order valence-electron chi connectivity index (χ0n) is 11.2. The second-order valence-corrected chi connectivity index (χ2v) is 5.99. The number of carbonyl (C=O) groups excluding carboxylic acids is 1. The molecule has 1 amide bonds. The summed E-state index contributed by atoms with van der Waals surface area (Å²) in [5.74, 6) is 0.977. The van der Waals surface area contributed by atoms with Crippen molar-refractivity contribution < 1.29 is 9.53 Å². The maximum absolute atomic E-state index is 11.9. The van der Waals surface area contributed by atoms with E-state index in [9.17, 15) is 4.79 Å². The van der Waals surface area contributed by atoms with Crippen molar-refractivity contribution in [3.63, 3.8) is 0 Å². The van der Waals surface area contributed by atoms with Crippen molar-refractivity contribution in [3.8, 4) is 0 Å². The van der Waals surface area contributed by atoms with Gasteiger partial charge in [0, 0.05) is 38.2 Å². The fraction of sp³-hybridized carbons (Fsp3) is 0.929. The largest absolute Gasteiger partial charge is 0.378 e. The Bertz CT molecular complexity index is 321. The zero-order chi connectivity index (χ0) is 12.5. The summed E-state index contributed by atoms with van der Waals surface area (Å²) in [6.07, 6.45) is 5.87. The van der Waals surface area contributed by atoms with Crippen LogP contribution in [0.25, 0.3) is 0 Å². The summed E-state index contributed by atoms with van der Waals surface area (Å²) >= 11 is 0. The predicted octanol–water partition coefficient (Wildman–Crippen LogP) is 1.15. The molecular formula is C14H24N2O2. The first-order valence-corrected chi connectivity index (χ1v) is 7.40. The van der Waals surface area contributed by atoms with Gasteiger partial charge in [-0.25, -0.2) is 0 Å². The molecule has 3 aliphatic heterocycles. The van der Waals surface area contributed by atoms with Crippen molar-refractivity contribution in [1.82, 2.24) is 10.2 Å². The number of nitrogens with one attached hydrogen (secondary N) is 1. The van der Waals surface area contributed by atoms with Gasteiger partial charge in [0.05, 0.1) is 6.10 Å². The standard InChI is InChI=1S/C14H24N2O2/c1-10-11(5-7-18-10)9-15-12-8-14(17)16-6-3-2-4-13(12)16/h10-13,15H,2-9H2,1H3. The maximum atomic E-state index is 11.9. The summed E-state index contributed by atoms with van der Waals surface area (Å²) in [7, 11) is 0. The summed E-state index contributed by atoms with van der Waals surface area (Å²) in [6, 6.07) is 0.842. The van der Waals surface area contributed by atoms with Gasteiger partial charge in [-0.05, 0) is 38.5 Å². The Morgan fingerprint density at radius 3 is 3.06 bits per heavy atom. The fourth-order valence-corrected chi connectivity index (χ4v) is 3.68. The topological polar surface area (TPSA) is 41.6 Å². The minimum Gasteiger partial charge on any atom is -0.378 e. The van der Waals surface area contributed by atoms with Crippen molar-refractivity contribution in [2.45, 2.75) is 57.2 Å². The van der Waals surface area contributed by atoms with Crippen LogP contribution in [-0.4, -0.2) is 48.7 Å². The monoisotopic (exact) mass is 252 g/mol. The molecule has 0 aromatic carbocycles. The SMILES string of the molecule is CC1OCCC1CNC1CC(=O)N2CCCCC12. The van der Waals surface area contributed by atoms with Gasteiger partial charge in [0.1, 0.15) is 0 Å². The van der Waals surface area contributed by atoms with Gasteiger partial charge in [-0.1, -0.05) is 0 Å².